The number of carbonyl (C=O) groups is 3. The second kappa shape index (κ2) is 17.7. The Morgan fingerprint density at radius 1 is 0.714 bits per heavy atom. The molecular weight excluding hydrogens is 313 g/mol. The van der Waals surface area contributed by atoms with Crippen molar-refractivity contribution in [3.63, 3.8) is 0 Å². The number of hydrogen-bond donors (Lipinski definition) is 0. The zero-order valence-corrected chi connectivity index (χ0v) is 19.1. The third kappa shape index (κ3) is 19.3. The first-order valence-corrected chi connectivity index (χ1v) is 5.39. The molecule has 0 N–H and O–H groups in total. The van der Waals surface area contributed by atoms with Gasteiger partial charge in [-0.1, -0.05) is 6.92 Å². The molecule has 0 heterocycles. The average Bonchev–Trinajstić information content (AvgIpc) is 2.21. The molecule has 0 radical (unpaired) electrons. The normalized spacial score (nSPS) is 9.29. The van der Waals surface area contributed by atoms with E-state index < -0.39 is 31.0 Å². The van der Waals surface area contributed by atoms with Crippen molar-refractivity contribution in [3.8, 4) is 0 Å². The van der Waals surface area contributed by atoms with Crippen molar-refractivity contribution < 1.29 is 118 Å². The number of carbonyl (C=O) groups excluding carboxylic acids is 3. The Balaban J connectivity index is -0.000000482. The molecule has 0 amide bonds. The number of carboxylic acid groups (broad SMARTS) is 3. The minimum atomic E-state index is -1.40. The van der Waals surface area contributed by atoms with Crippen LogP contribution in [0.15, 0.2) is 0 Å². The van der Waals surface area contributed by atoms with E-state index in [1.165, 1.54) is 4.90 Å². The van der Waals surface area contributed by atoms with Crippen LogP contribution in [-0.2, 0) is 14.4 Å². The second-order valence-corrected chi connectivity index (χ2v) is 3.70. The molecule has 0 saturated heterocycles. The summed E-state index contributed by atoms with van der Waals surface area (Å²) in [6.07, 6.45) is 0. The fourth-order valence-corrected chi connectivity index (χ4v) is 1.39. The van der Waals surface area contributed by atoms with Gasteiger partial charge in [0.15, 0.2) is 0 Å². The standard InChI is InChI=1S/C10H18N2O6.3Na/c1-2-11(5-8(13)14)3-4-12(6-9(15)16)7-10(17)18;;;/h2-7H2,1H3,(H,13,14)(H,15,16)(H,17,18);;;/q;3*+1/p-3. The quantitative estimate of drug-likeness (QED) is 0.362. The molecule has 0 aliphatic carbocycles. The van der Waals surface area contributed by atoms with Crippen molar-refractivity contribution >= 4 is 17.9 Å². The molecule has 0 saturated carbocycles. The van der Waals surface area contributed by atoms with Crippen LogP contribution < -0.4 is 104 Å². The first kappa shape index (κ1) is 30.2. The van der Waals surface area contributed by atoms with E-state index in [4.69, 9.17) is 0 Å². The van der Waals surface area contributed by atoms with E-state index in [0.29, 0.717) is 6.54 Å². The van der Waals surface area contributed by atoms with Gasteiger partial charge in [0.05, 0.1) is 17.9 Å². The summed E-state index contributed by atoms with van der Waals surface area (Å²) in [5.74, 6) is -4.05. The third-order valence-corrected chi connectivity index (χ3v) is 2.24. The van der Waals surface area contributed by atoms with E-state index in [9.17, 15) is 29.7 Å². The minimum Gasteiger partial charge on any atom is -0.549 e. The molecule has 21 heavy (non-hydrogen) atoms. The van der Waals surface area contributed by atoms with Crippen LogP contribution in [0.5, 0.6) is 0 Å². The van der Waals surface area contributed by atoms with Crippen LogP contribution in [0.25, 0.3) is 0 Å². The van der Waals surface area contributed by atoms with Gasteiger partial charge in [0.1, 0.15) is 0 Å². The molecule has 0 unspecified atom stereocenters. The first-order valence-electron chi connectivity index (χ1n) is 5.39. The maximum absolute atomic E-state index is 10.4. The molecule has 0 aromatic carbocycles. The van der Waals surface area contributed by atoms with E-state index >= 15 is 0 Å². The summed E-state index contributed by atoms with van der Waals surface area (Å²) in [7, 11) is 0. The molecule has 0 atom stereocenters. The van der Waals surface area contributed by atoms with Gasteiger partial charge in [0.25, 0.3) is 0 Å². The molecule has 0 rings (SSSR count). The SMILES string of the molecule is CCN(CCN(CC(=O)[O-])CC(=O)[O-])CC(=O)[O-].[Na+].[Na+].[Na+]. The van der Waals surface area contributed by atoms with Crippen molar-refractivity contribution in [2.24, 2.45) is 0 Å². The predicted molar refractivity (Wildman–Crippen MR) is 53.6 cm³/mol. The molecule has 0 bridgehead atoms. The van der Waals surface area contributed by atoms with E-state index in [1.807, 2.05) is 0 Å². The maximum Gasteiger partial charge on any atom is 1.00 e. The number of aliphatic carboxylic acids is 3. The summed E-state index contributed by atoms with van der Waals surface area (Å²) >= 11 is 0. The topological polar surface area (TPSA) is 127 Å². The number of hydrogen-bond acceptors (Lipinski definition) is 8. The molecule has 0 spiro atoms. The molecular formula is C10H15N2Na3O6. The van der Waals surface area contributed by atoms with Gasteiger partial charge in [-0.2, -0.15) is 0 Å². The van der Waals surface area contributed by atoms with Crippen molar-refractivity contribution in [2.75, 3.05) is 39.3 Å². The van der Waals surface area contributed by atoms with E-state index in [0.717, 1.165) is 4.90 Å². The van der Waals surface area contributed by atoms with Gasteiger partial charge in [-0.15, -0.1) is 0 Å². The zero-order chi connectivity index (χ0) is 14.1. The Kier molecular flexibility index (Phi) is 25.5. The predicted octanol–water partition coefficient (Wildman–Crippen LogP) is -14.1. The van der Waals surface area contributed by atoms with Gasteiger partial charge in [-0.25, -0.2) is 0 Å². The van der Waals surface area contributed by atoms with Gasteiger partial charge in [0.2, 0.25) is 0 Å². The third-order valence-electron chi connectivity index (χ3n) is 2.24. The van der Waals surface area contributed by atoms with Gasteiger partial charge >= 0.3 is 88.7 Å². The van der Waals surface area contributed by atoms with Crippen molar-refractivity contribution in [1.82, 2.24) is 9.80 Å². The largest absolute Gasteiger partial charge is 1.00 e. The number of rotatable bonds is 10. The molecule has 0 aliphatic heterocycles. The number of carboxylic acids is 3. The van der Waals surface area contributed by atoms with Crippen LogP contribution in [0.4, 0.5) is 0 Å². The minimum absolute atomic E-state index is 0. The van der Waals surface area contributed by atoms with Gasteiger partial charge < -0.3 is 29.7 Å². The summed E-state index contributed by atoms with van der Waals surface area (Å²) in [6, 6.07) is 0. The molecule has 8 nitrogen and oxygen atoms in total. The van der Waals surface area contributed by atoms with Crippen molar-refractivity contribution in [1.29, 1.82) is 0 Å². The van der Waals surface area contributed by atoms with E-state index in [1.54, 1.807) is 6.92 Å². The molecule has 11 heteroatoms. The van der Waals surface area contributed by atoms with Crippen LogP contribution in [-0.4, -0.2) is 67.0 Å². The zero-order valence-electron chi connectivity index (χ0n) is 13.1. The van der Waals surface area contributed by atoms with Gasteiger partial charge in [0, 0.05) is 32.7 Å². The van der Waals surface area contributed by atoms with Gasteiger partial charge in [-0.05, 0) is 6.54 Å². The Labute approximate surface area is 190 Å². The molecule has 0 fully saturated rings. The van der Waals surface area contributed by atoms with Crippen LogP contribution in [0.2, 0.25) is 0 Å². The Morgan fingerprint density at radius 3 is 1.29 bits per heavy atom. The fourth-order valence-electron chi connectivity index (χ4n) is 1.39. The van der Waals surface area contributed by atoms with Crippen molar-refractivity contribution in [3.05, 3.63) is 0 Å². The summed E-state index contributed by atoms with van der Waals surface area (Å²) in [4.78, 5) is 33.8. The summed E-state index contributed by atoms with van der Waals surface area (Å²) < 4.78 is 0. The van der Waals surface area contributed by atoms with Crippen molar-refractivity contribution in [2.45, 2.75) is 6.92 Å². The summed E-state index contributed by atoms with van der Waals surface area (Å²) in [6.45, 7) is 1.08. The Bertz CT molecular complexity index is 303. The first-order chi connectivity index (χ1) is 8.35. The maximum atomic E-state index is 10.4. The van der Waals surface area contributed by atoms with E-state index in [-0.39, 0.29) is 108 Å². The smallest absolute Gasteiger partial charge is 0.549 e. The molecule has 0 aromatic heterocycles. The molecule has 0 aliphatic rings. The number of likely N-dealkylation sites (N-methyl/N-ethyl adjacent to an activating group) is 1. The van der Waals surface area contributed by atoms with Gasteiger partial charge in [-0.3, -0.25) is 9.80 Å². The number of nitrogens with zero attached hydrogens (tertiary/aromatic N) is 2. The second-order valence-electron chi connectivity index (χ2n) is 3.70. The van der Waals surface area contributed by atoms with Crippen LogP contribution in [0, 0.1) is 0 Å². The van der Waals surface area contributed by atoms with Crippen LogP contribution in [0.3, 0.4) is 0 Å². The van der Waals surface area contributed by atoms with Crippen LogP contribution in [0.1, 0.15) is 6.92 Å². The van der Waals surface area contributed by atoms with E-state index in [2.05, 4.69) is 0 Å². The van der Waals surface area contributed by atoms with Crippen LogP contribution >= 0.6 is 0 Å². The molecule has 104 valence electrons. The Hall–Kier alpha value is 1.33. The average molecular weight is 328 g/mol. The monoisotopic (exact) mass is 328 g/mol. The molecule has 0 aromatic rings. The summed E-state index contributed by atoms with van der Waals surface area (Å²) in [5.41, 5.74) is 0. The Morgan fingerprint density at radius 2 is 1.00 bits per heavy atom. The summed E-state index contributed by atoms with van der Waals surface area (Å²) in [5, 5.41) is 31.2. The fraction of sp³-hybridized carbons (Fsp3) is 0.700.